The summed E-state index contributed by atoms with van der Waals surface area (Å²) in [7, 11) is 0. The highest BCUT2D eigenvalue weighted by Gasteiger charge is 2.30. The van der Waals surface area contributed by atoms with Crippen molar-refractivity contribution in [3.05, 3.63) is 18.5 Å². The fourth-order valence-electron chi connectivity index (χ4n) is 3.85. The molecule has 0 saturated carbocycles. The molecule has 0 bridgehead atoms. The quantitative estimate of drug-likeness (QED) is 0.854. The lowest BCUT2D eigenvalue weighted by Crippen LogP contribution is -2.47. The number of hydrogen-bond donors (Lipinski definition) is 0. The zero-order chi connectivity index (χ0) is 16.2. The average molecular weight is 318 g/mol. The highest BCUT2D eigenvalue weighted by Crippen LogP contribution is 2.24. The Morgan fingerprint density at radius 1 is 1.17 bits per heavy atom. The molecule has 2 amide bonds. The number of carbonyl (C=O) groups excluding carboxylic acids is 2. The highest BCUT2D eigenvalue weighted by atomic mass is 16.2. The molecule has 3 heterocycles. The molecular weight excluding hydrogens is 292 g/mol. The van der Waals surface area contributed by atoms with E-state index in [-0.39, 0.29) is 23.9 Å². The number of rotatable bonds is 3. The average Bonchev–Trinajstić information content (AvgIpc) is 3.10. The van der Waals surface area contributed by atoms with Gasteiger partial charge in [-0.3, -0.25) is 14.3 Å². The molecule has 126 valence electrons. The van der Waals surface area contributed by atoms with Crippen molar-refractivity contribution < 1.29 is 9.59 Å². The van der Waals surface area contributed by atoms with Gasteiger partial charge in [0.2, 0.25) is 11.8 Å². The lowest BCUT2D eigenvalue weighted by molar-refractivity contribution is -0.138. The molecule has 23 heavy (non-hydrogen) atoms. The van der Waals surface area contributed by atoms with Crippen LogP contribution in [-0.2, 0) is 9.59 Å². The summed E-state index contributed by atoms with van der Waals surface area (Å²) < 4.78 is 1.96. The van der Waals surface area contributed by atoms with Gasteiger partial charge in [-0.05, 0) is 38.2 Å². The normalized spacial score (nSPS) is 25.4. The Morgan fingerprint density at radius 2 is 2.04 bits per heavy atom. The van der Waals surface area contributed by atoms with Gasteiger partial charge in [-0.25, -0.2) is 0 Å². The van der Waals surface area contributed by atoms with Crippen LogP contribution in [-0.4, -0.2) is 57.1 Å². The maximum Gasteiger partial charge on any atom is 0.224 e. The summed E-state index contributed by atoms with van der Waals surface area (Å²) in [4.78, 5) is 28.3. The molecule has 0 spiro atoms. The van der Waals surface area contributed by atoms with Crippen LogP contribution < -0.4 is 0 Å². The smallest absolute Gasteiger partial charge is 0.224 e. The van der Waals surface area contributed by atoms with Crippen molar-refractivity contribution in [2.45, 2.75) is 57.5 Å². The molecule has 2 aliphatic heterocycles. The third-order valence-electron chi connectivity index (χ3n) is 5.09. The topological polar surface area (TPSA) is 58.4 Å². The fraction of sp³-hybridized carbons (Fsp3) is 0.706. The van der Waals surface area contributed by atoms with Crippen molar-refractivity contribution in [1.82, 2.24) is 19.6 Å². The first-order valence-electron chi connectivity index (χ1n) is 8.69. The standard InChI is InChI=1S/C17H26N4O2/c1-14(22)20-10-3-2-6-15(20)12-17(23)19-9-4-7-16(13-19)21-11-5-8-18-21/h5,8,11,15-16H,2-4,6-7,9-10,12-13H2,1H3/t15-,16-/m0/s1. The number of piperidine rings is 2. The highest BCUT2D eigenvalue weighted by molar-refractivity contribution is 5.79. The zero-order valence-corrected chi connectivity index (χ0v) is 13.9. The maximum atomic E-state index is 12.7. The van der Waals surface area contributed by atoms with Crippen molar-refractivity contribution in [2.75, 3.05) is 19.6 Å². The summed E-state index contributed by atoms with van der Waals surface area (Å²) in [5.74, 6) is 0.274. The molecule has 1 aromatic heterocycles. The second-order valence-electron chi connectivity index (χ2n) is 6.69. The van der Waals surface area contributed by atoms with Crippen LogP contribution in [0.4, 0.5) is 0 Å². The van der Waals surface area contributed by atoms with E-state index in [4.69, 9.17) is 0 Å². The summed E-state index contributed by atoms with van der Waals surface area (Å²) >= 11 is 0. The summed E-state index contributed by atoms with van der Waals surface area (Å²) in [5.41, 5.74) is 0. The number of nitrogens with zero attached hydrogens (tertiary/aromatic N) is 4. The molecule has 0 N–H and O–H groups in total. The van der Waals surface area contributed by atoms with Crippen LogP contribution in [0.2, 0.25) is 0 Å². The Labute approximate surface area is 137 Å². The number of amides is 2. The largest absolute Gasteiger partial charge is 0.340 e. The summed E-state index contributed by atoms with van der Waals surface area (Å²) in [6.07, 6.45) is 9.40. The molecule has 0 aromatic carbocycles. The Morgan fingerprint density at radius 3 is 2.78 bits per heavy atom. The minimum absolute atomic E-state index is 0.0822. The van der Waals surface area contributed by atoms with Gasteiger partial charge in [-0.1, -0.05) is 0 Å². The fourth-order valence-corrected chi connectivity index (χ4v) is 3.85. The van der Waals surface area contributed by atoms with Gasteiger partial charge in [0.25, 0.3) is 0 Å². The van der Waals surface area contributed by atoms with Gasteiger partial charge < -0.3 is 9.80 Å². The molecule has 2 saturated heterocycles. The van der Waals surface area contributed by atoms with Crippen molar-refractivity contribution in [1.29, 1.82) is 0 Å². The number of likely N-dealkylation sites (tertiary alicyclic amines) is 2. The predicted octanol–water partition coefficient (Wildman–Crippen LogP) is 1.84. The summed E-state index contributed by atoms with van der Waals surface area (Å²) in [6.45, 7) is 3.96. The van der Waals surface area contributed by atoms with Crippen LogP contribution >= 0.6 is 0 Å². The van der Waals surface area contributed by atoms with E-state index >= 15 is 0 Å². The van der Waals surface area contributed by atoms with Crippen molar-refractivity contribution >= 4 is 11.8 Å². The first kappa shape index (κ1) is 16.0. The number of aromatic nitrogens is 2. The Kier molecular flexibility index (Phi) is 4.98. The molecule has 2 atom stereocenters. The van der Waals surface area contributed by atoms with E-state index in [9.17, 15) is 9.59 Å². The van der Waals surface area contributed by atoms with Crippen molar-refractivity contribution in [3.63, 3.8) is 0 Å². The third-order valence-corrected chi connectivity index (χ3v) is 5.09. The van der Waals surface area contributed by atoms with Crippen molar-refractivity contribution in [2.24, 2.45) is 0 Å². The van der Waals surface area contributed by atoms with Crippen LogP contribution in [0, 0.1) is 0 Å². The molecule has 6 heteroatoms. The van der Waals surface area contributed by atoms with E-state index in [1.807, 2.05) is 26.7 Å². The van der Waals surface area contributed by atoms with Crippen LogP contribution in [0.3, 0.4) is 0 Å². The molecule has 2 fully saturated rings. The van der Waals surface area contributed by atoms with E-state index in [0.29, 0.717) is 6.42 Å². The molecule has 0 radical (unpaired) electrons. The zero-order valence-electron chi connectivity index (χ0n) is 13.9. The van der Waals surface area contributed by atoms with Gasteiger partial charge in [0.1, 0.15) is 0 Å². The second kappa shape index (κ2) is 7.15. The van der Waals surface area contributed by atoms with Crippen LogP contribution in [0.15, 0.2) is 18.5 Å². The Hall–Kier alpha value is -1.85. The lowest BCUT2D eigenvalue weighted by atomic mass is 9.97. The molecule has 0 unspecified atom stereocenters. The molecule has 0 aliphatic carbocycles. The monoisotopic (exact) mass is 318 g/mol. The van der Waals surface area contributed by atoms with E-state index in [2.05, 4.69) is 5.10 Å². The van der Waals surface area contributed by atoms with Crippen LogP contribution in [0.1, 0.15) is 51.5 Å². The minimum atomic E-state index is 0.0822. The van der Waals surface area contributed by atoms with Gasteiger partial charge >= 0.3 is 0 Å². The lowest BCUT2D eigenvalue weighted by Gasteiger charge is -2.38. The SMILES string of the molecule is CC(=O)N1CCCC[C@H]1CC(=O)N1CCC[C@H](n2cccn2)C1. The van der Waals surface area contributed by atoms with E-state index in [0.717, 1.165) is 51.7 Å². The minimum Gasteiger partial charge on any atom is -0.340 e. The van der Waals surface area contributed by atoms with Gasteiger partial charge in [-0.15, -0.1) is 0 Å². The number of carbonyl (C=O) groups is 2. The Bertz CT molecular complexity index is 543. The van der Waals surface area contributed by atoms with Gasteiger partial charge in [0, 0.05) is 51.4 Å². The van der Waals surface area contributed by atoms with E-state index in [1.54, 1.807) is 13.1 Å². The first-order valence-corrected chi connectivity index (χ1v) is 8.69. The molecule has 6 nitrogen and oxygen atoms in total. The van der Waals surface area contributed by atoms with Gasteiger partial charge in [-0.2, -0.15) is 5.10 Å². The van der Waals surface area contributed by atoms with Gasteiger partial charge in [0.15, 0.2) is 0 Å². The van der Waals surface area contributed by atoms with Crippen LogP contribution in [0.25, 0.3) is 0 Å². The third kappa shape index (κ3) is 3.74. The second-order valence-corrected chi connectivity index (χ2v) is 6.69. The van der Waals surface area contributed by atoms with Gasteiger partial charge in [0.05, 0.1) is 6.04 Å². The molecular formula is C17H26N4O2. The van der Waals surface area contributed by atoms with E-state index in [1.165, 1.54) is 0 Å². The Balaban J connectivity index is 1.60. The summed E-state index contributed by atoms with van der Waals surface area (Å²) in [5, 5.41) is 4.31. The van der Waals surface area contributed by atoms with Crippen LogP contribution in [0.5, 0.6) is 0 Å². The molecule has 1 aromatic rings. The summed E-state index contributed by atoms with van der Waals surface area (Å²) in [6, 6.07) is 2.28. The van der Waals surface area contributed by atoms with E-state index < -0.39 is 0 Å². The molecule has 2 aliphatic rings. The number of hydrogen-bond acceptors (Lipinski definition) is 3. The van der Waals surface area contributed by atoms with Crippen molar-refractivity contribution in [3.8, 4) is 0 Å². The maximum absolute atomic E-state index is 12.7. The first-order chi connectivity index (χ1) is 11.1. The predicted molar refractivity (Wildman–Crippen MR) is 86.7 cm³/mol. The molecule has 3 rings (SSSR count).